The van der Waals surface area contributed by atoms with E-state index in [-0.39, 0.29) is 0 Å². The van der Waals surface area contributed by atoms with Crippen molar-refractivity contribution < 1.29 is 8.83 Å². The number of nitrogens with zero attached hydrogens (tertiary/aromatic N) is 2. The zero-order chi connectivity index (χ0) is 40.3. The van der Waals surface area contributed by atoms with Gasteiger partial charge in [0.15, 0.2) is 5.58 Å². The lowest BCUT2D eigenvalue weighted by atomic mass is 9.93. The average Bonchev–Trinajstić information content (AvgIpc) is 3.93. The van der Waals surface area contributed by atoms with E-state index in [2.05, 4.69) is 175 Å². The van der Waals surface area contributed by atoms with E-state index in [4.69, 9.17) is 13.8 Å². The van der Waals surface area contributed by atoms with Crippen LogP contribution in [0, 0.1) is 0 Å². The summed E-state index contributed by atoms with van der Waals surface area (Å²) in [6.07, 6.45) is 0. The molecule has 0 spiro atoms. The van der Waals surface area contributed by atoms with Gasteiger partial charge in [-0.2, -0.15) is 0 Å². The summed E-state index contributed by atoms with van der Waals surface area (Å²) in [6, 6.07) is 77.1. The molecule has 0 N–H and O–H groups in total. The summed E-state index contributed by atoms with van der Waals surface area (Å²) in [7, 11) is 0. The summed E-state index contributed by atoms with van der Waals surface area (Å²) >= 11 is 0. The highest BCUT2D eigenvalue weighted by atomic mass is 16.4. The van der Waals surface area contributed by atoms with Crippen LogP contribution in [0.4, 0.5) is 17.1 Å². The zero-order valence-corrected chi connectivity index (χ0v) is 33.0. The predicted molar refractivity (Wildman–Crippen MR) is 253 cm³/mol. The molecule has 12 rings (SSSR count). The second-order valence-electron chi connectivity index (χ2n) is 15.5. The minimum Gasteiger partial charge on any atom is -0.456 e. The molecule has 4 heteroatoms. The maximum atomic E-state index is 6.45. The summed E-state index contributed by atoms with van der Waals surface area (Å²) in [6.45, 7) is 0. The number of hydrogen-bond donors (Lipinski definition) is 0. The first-order valence-corrected chi connectivity index (χ1v) is 20.6. The Hall–Kier alpha value is -8.21. The molecule has 0 unspecified atom stereocenters. The summed E-state index contributed by atoms with van der Waals surface area (Å²) < 4.78 is 12.9. The number of benzene rings is 10. The van der Waals surface area contributed by atoms with E-state index in [1.54, 1.807) is 0 Å². The maximum absolute atomic E-state index is 6.45. The molecular formula is C57H36N2O2. The van der Waals surface area contributed by atoms with E-state index in [0.29, 0.717) is 11.5 Å². The maximum Gasteiger partial charge on any atom is 0.227 e. The van der Waals surface area contributed by atoms with Gasteiger partial charge in [-0.05, 0) is 110 Å². The SMILES string of the molecule is c1ccc(-c2cccc(N(c3ccc(-c4cc5ccccc5c5ccccc45)cc3)c3ccc(-c4c5nc(-c6ccccc6)oc5cc5oc6ccccc6c45)cc3)c2)cc1. The standard InChI is InChI=1S/C57H36N2O2/c1-3-14-37(15-4-1)41-19-13-20-45(34-41)59(43-30-26-38(27-31-43)50-35-42-18-7-8-21-46(42)47-22-9-10-23-48(47)50)44-32-28-39(29-33-44)54-55-49-24-11-12-25-51(49)60-52(55)36-53-56(54)58-57(61-53)40-16-5-2-6-17-40/h1-36H. The van der Waals surface area contributed by atoms with Gasteiger partial charge >= 0.3 is 0 Å². The molecule has 0 radical (unpaired) electrons. The highest BCUT2D eigenvalue weighted by Gasteiger charge is 2.22. The molecule has 4 nitrogen and oxygen atoms in total. The number of hydrogen-bond acceptors (Lipinski definition) is 4. The van der Waals surface area contributed by atoms with Crippen molar-refractivity contribution in [2.75, 3.05) is 4.90 Å². The topological polar surface area (TPSA) is 42.4 Å². The van der Waals surface area contributed by atoms with Crippen molar-refractivity contribution in [1.82, 2.24) is 4.98 Å². The number of para-hydroxylation sites is 1. The monoisotopic (exact) mass is 780 g/mol. The van der Waals surface area contributed by atoms with Crippen molar-refractivity contribution in [3.63, 3.8) is 0 Å². The van der Waals surface area contributed by atoms with Crippen LogP contribution in [0.2, 0.25) is 0 Å². The first kappa shape index (κ1) is 34.8. The van der Waals surface area contributed by atoms with Crippen LogP contribution in [0.15, 0.2) is 227 Å². The molecule has 2 aromatic heterocycles. The van der Waals surface area contributed by atoms with E-state index in [9.17, 15) is 0 Å². The first-order chi connectivity index (χ1) is 30.2. The van der Waals surface area contributed by atoms with Crippen molar-refractivity contribution in [2.45, 2.75) is 0 Å². The molecule has 0 aliphatic rings. The largest absolute Gasteiger partial charge is 0.456 e. The fourth-order valence-corrected chi connectivity index (χ4v) is 9.02. The zero-order valence-electron chi connectivity index (χ0n) is 33.0. The normalized spacial score (nSPS) is 11.6. The molecule has 12 aromatic rings. The molecule has 0 atom stereocenters. The number of rotatable bonds is 7. The summed E-state index contributed by atoms with van der Waals surface area (Å²) in [5, 5.41) is 7.07. The van der Waals surface area contributed by atoms with Crippen molar-refractivity contribution in [3.05, 3.63) is 218 Å². The lowest BCUT2D eigenvalue weighted by Crippen LogP contribution is -2.10. The molecule has 286 valence electrons. The number of oxazole rings is 1. The Morgan fingerprint density at radius 3 is 1.70 bits per heavy atom. The summed E-state index contributed by atoms with van der Waals surface area (Å²) in [5.41, 5.74) is 13.9. The molecule has 0 saturated carbocycles. The third-order valence-corrected chi connectivity index (χ3v) is 11.9. The fraction of sp³-hybridized carbons (Fsp3) is 0. The second kappa shape index (κ2) is 14.3. The van der Waals surface area contributed by atoms with Gasteiger partial charge in [-0.15, -0.1) is 0 Å². The molecular weight excluding hydrogens is 745 g/mol. The highest BCUT2D eigenvalue weighted by Crippen LogP contribution is 2.45. The lowest BCUT2D eigenvalue weighted by molar-refractivity contribution is 0.617. The van der Waals surface area contributed by atoms with Gasteiger partial charge in [-0.3, -0.25) is 0 Å². The van der Waals surface area contributed by atoms with Gasteiger partial charge in [-0.25, -0.2) is 4.98 Å². The Kier molecular flexibility index (Phi) is 8.13. The van der Waals surface area contributed by atoms with E-state index in [1.807, 2.05) is 48.5 Å². The van der Waals surface area contributed by atoms with E-state index in [1.165, 1.54) is 38.2 Å². The molecule has 61 heavy (non-hydrogen) atoms. The van der Waals surface area contributed by atoms with Gasteiger partial charge < -0.3 is 13.7 Å². The molecule has 0 amide bonds. The third-order valence-electron chi connectivity index (χ3n) is 11.9. The van der Waals surface area contributed by atoms with Crippen LogP contribution in [-0.2, 0) is 0 Å². The molecule has 0 aliphatic carbocycles. The van der Waals surface area contributed by atoms with Crippen LogP contribution in [-0.4, -0.2) is 4.98 Å². The van der Waals surface area contributed by atoms with Crippen LogP contribution >= 0.6 is 0 Å². The van der Waals surface area contributed by atoms with Crippen LogP contribution in [0.25, 0.3) is 99.4 Å². The minimum absolute atomic E-state index is 0.579. The Morgan fingerprint density at radius 1 is 0.344 bits per heavy atom. The van der Waals surface area contributed by atoms with Gasteiger partial charge in [0.05, 0.1) is 0 Å². The minimum atomic E-state index is 0.579. The van der Waals surface area contributed by atoms with Crippen LogP contribution in [0.1, 0.15) is 0 Å². The second-order valence-corrected chi connectivity index (χ2v) is 15.5. The Bertz CT molecular complexity index is 3570. The quantitative estimate of drug-likeness (QED) is 0.151. The average molecular weight is 781 g/mol. The summed E-state index contributed by atoms with van der Waals surface area (Å²) in [4.78, 5) is 7.48. The van der Waals surface area contributed by atoms with Crippen LogP contribution in [0.5, 0.6) is 0 Å². The van der Waals surface area contributed by atoms with Crippen LogP contribution < -0.4 is 4.90 Å². The Balaban J connectivity index is 1.01. The number of furan rings is 1. The highest BCUT2D eigenvalue weighted by molar-refractivity contribution is 6.19. The molecule has 0 saturated heterocycles. The van der Waals surface area contributed by atoms with E-state index >= 15 is 0 Å². The predicted octanol–water partition coefficient (Wildman–Crippen LogP) is 16.2. The van der Waals surface area contributed by atoms with Gasteiger partial charge in [0.25, 0.3) is 0 Å². The Morgan fingerprint density at radius 2 is 0.951 bits per heavy atom. The smallest absolute Gasteiger partial charge is 0.227 e. The van der Waals surface area contributed by atoms with Gasteiger partial charge in [-0.1, -0.05) is 152 Å². The molecule has 0 bridgehead atoms. The number of fused-ring (bicyclic) bond motifs is 7. The third kappa shape index (κ3) is 5.96. The lowest BCUT2D eigenvalue weighted by Gasteiger charge is -2.26. The van der Waals surface area contributed by atoms with Crippen molar-refractivity contribution >= 4 is 71.6 Å². The Labute approximate surface area is 352 Å². The van der Waals surface area contributed by atoms with E-state index < -0.39 is 0 Å². The molecule has 0 fully saturated rings. The summed E-state index contributed by atoms with van der Waals surface area (Å²) in [5.74, 6) is 0.579. The van der Waals surface area contributed by atoms with Gasteiger partial charge in [0.1, 0.15) is 16.7 Å². The number of anilines is 3. The molecule has 2 heterocycles. The molecule has 0 aliphatic heterocycles. The fourth-order valence-electron chi connectivity index (χ4n) is 9.02. The van der Waals surface area contributed by atoms with Crippen molar-refractivity contribution in [2.24, 2.45) is 0 Å². The van der Waals surface area contributed by atoms with Crippen LogP contribution in [0.3, 0.4) is 0 Å². The van der Waals surface area contributed by atoms with E-state index in [0.717, 1.165) is 66.8 Å². The van der Waals surface area contributed by atoms with Gasteiger partial charge in [0, 0.05) is 45.0 Å². The van der Waals surface area contributed by atoms with Crippen molar-refractivity contribution in [3.8, 4) is 44.8 Å². The molecule has 10 aromatic carbocycles. The first-order valence-electron chi connectivity index (χ1n) is 20.6. The van der Waals surface area contributed by atoms with Crippen molar-refractivity contribution in [1.29, 1.82) is 0 Å². The number of aromatic nitrogens is 1. The van der Waals surface area contributed by atoms with Gasteiger partial charge in [0.2, 0.25) is 5.89 Å².